The molecule has 1 aliphatic rings. The first kappa shape index (κ1) is 81.4. The number of esters is 3. The summed E-state index contributed by atoms with van der Waals surface area (Å²) in [5, 5.41) is 0. The van der Waals surface area contributed by atoms with Gasteiger partial charge in [-0.15, -0.1) is 0 Å². The zero-order valence-corrected chi connectivity index (χ0v) is 60.3. The molecule has 1 saturated heterocycles. The standard InChI is InChI=1S/C79H114O19/c1-11-13-15-17-19-21-23-25-26-28-29-31-33-35-37-39-72(80)91-57-63(97-73(81)40-38-36-34-32-30-27-24-22-20-18-16-14-12-2)58-96-79-77(94-55-61-43-47-66(85-5)70(51-61)89-9)75(93-54-60-42-46-65(84-4)69(50-60)88-8)74(92-53-59-41-45-64(83-3)68(49-59)87-7)76(98-79)78(82)95-56-62-44-48-67(86-6)71(52-62)90-10/h13,15,19,21,25-26,41-52,63,74-77,79H,11-12,14,16-18,20,22-24,27-40,53-58H2,1-10H3/b15-13-,21-19-,26-25-/t63-,74+,75+,76+,77-,79+/m1/s1. The molecule has 0 amide bonds. The van der Waals surface area contributed by atoms with Crippen molar-refractivity contribution in [2.75, 3.05) is 70.1 Å². The third-order valence-electron chi connectivity index (χ3n) is 16.9. The SMILES string of the molecule is CC/C=C\C/C=C\C/C=C\CCCCCCCC(=O)OC[C@H](CO[C@H]1O[C@H](C(=O)OCc2ccc(OC)c(OC)c2)[C@@H](OCc2ccc(OC)c(OC)c2)[C@H](OCc2ccc(OC)c(OC)c2)[C@H]1OCc1ccc(OC)c(OC)c1)OC(=O)CCCCCCCCCCCCCCC. The Hall–Kier alpha value is -7.29. The highest BCUT2D eigenvalue weighted by atomic mass is 16.7. The summed E-state index contributed by atoms with van der Waals surface area (Å²) >= 11 is 0. The van der Waals surface area contributed by atoms with Crippen molar-refractivity contribution in [3.05, 3.63) is 132 Å². The summed E-state index contributed by atoms with van der Waals surface area (Å²) < 4.78 is 97.5. The number of carbonyl (C=O) groups excluding carboxylic acids is 3. The monoisotopic (exact) mass is 1370 g/mol. The molecule has 0 unspecified atom stereocenters. The summed E-state index contributed by atoms with van der Waals surface area (Å²) in [6, 6.07) is 21.3. The Labute approximate surface area is 584 Å². The lowest BCUT2D eigenvalue weighted by atomic mass is 9.97. The van der Waals surface area contributed by atoms with E-state index < -0.39 is 54.7 Å². The molecule has 19 heteroatoms. The maximum absolute atomic E-state index is 15.1. The van der Waals surface area contributed by atoms with Crippen molar-refractivity contribution in [1.82, 2.24) is 0 Å². The average molecular weight is 1370 g/mol. The van der Waals surface area contributed by atoms with E-state index in [1.54, 1.807) is 90.1 Å². The number of allylic oxidation sites excluding steroid dienone is 6. The Morgan fingerprint density at radius 1 is 0.388 bits per heavy atom. The summed E-state index contributed by atoms with van der Waals surface area (Å²) in [6.07, 6.45) is 29.3. The van der Waals surface area contributed by atoms with Gasteiger partial charge in [0.05, 0.1) is 83.3 Å². The summed E-state index contributed by atoms with van der Waals surface area (Å²) in [5.41, 5.74) is 2.60. The molecule has 1 fully saturated rings. The number of benzene rings is 4. The number of ether oxygens (including phenoxy) is 16. The highest BCUT2D eigenvalue weighted by Crippen LogP contribution is 2.37. The molecule has 0 spiro atoms. The van der Waals surface area contributed by atoms with E-state index in [2.05, 4.69) is 50.3 Å². The largest absolute Gasteiger partial charge is 0.493 e. The van der Waals surface area contributed by atoms with E-state index in [0.29, 0.717) is 81.1 Å². The molecule has 0 aliphatic carbocycles. The Morgan fingerprint density at radius 3 is 1.22 bits per heavy atom. The lowest BCUT2D eigenvalue weighted by molar-refractivity contribution is -0.323. The first-order valence-corrected chi connectivity index (χ1v) is 35.4. The number of hydrogen-bond acceptors (Lipinski definition) is 19. The van der Waals surface area contributed by atoms with E-state index in [-0.39, 0.29) is 52.5 Å². The van der Waals surface area contributed by atoms with E-state index in [1.807, 2.05) is 18.2 Å². The minimum Gasteiger partial charge on any atom is -0.493 e. The number of carbonyl (C=O) groups is 3. The van der Waals surface area contributed by atoms with Crippen LogP contribution in [0.2, 0.25) is 0 Å². The quantitative estimate of drug-likeness (QED) is 0.0175. The molecule has 4 aromatic rings. The number of methoxy groups -OCH3 is 8. The first-order chi connectivity index (χ1) is 47.9. The topological polar surface area (TPSA) is 199 Å². The summed E-state index contributed by atoms with van der Waals surface area (Å²) in [7, 11) is 12.3. The number of hydrogen-bond donors (Lipinski definition) is 0. The smallest absolute Gasteiger partial charge is 0.338 e. The maximum Gasteiger partial charge on any atom is 0.338 e. The van der Waals surface area contributed by atoms with Crippen molar-refractivity contribution < 1.29 is 90.2 Å². The van der Waals surface area contributed by atoms with Crippen molar-refractivity contribution in [2.45, 2.75) is 231 Å². The van der Waals surface area contributed by atoms with Crippen LogP contribution in [0, 0.1) is 0 Å². The summed E-state index contributed by atoms with van der Waals surface area (Å²) in [6.45, 7) is 3.28. The van der Waals surface area contributed by atoms with Gasteiger partial charge in [-0.1, -0.05) is 171 Å². The maximum atomic E-state index is 15.1. The molecule has 0 bridgehead atoms. The van der Waals surface area contributed by atoms with Gasteiger partial charge in [0, 0.05) is 12.8 Å². The van der Waals surface area contributed by atoms with Crippen molar-refractivity contribution in [1.29, 1.82) is 0 Å². The molecular formula is C79H114O19. The van der Waals surface area contributed by atoms with Gasteiger partial charge in [-0.25, -0.2) is 4.79 Å². The van der Waals surface area contributed by atoms with Gasteiger partial charge in [-0.05, 0) is 116 Å². The van der Waals surface area contributed by atoms with Crippen LogP contribution >= 0.6 is 0 Å². The molecule has 0 radical (unpaired) electrons. The van der Waals surface area contributed by atoms with E-state index >= 15 is 4.79 Å². The fraction of sp³-hybridized carbons (Fsp3) is 0.582. The average Bonchev–Trinajstić information content (AvgIpc) is 0.780. The fourth-order valence-electron chi connectivity index (χ4n) is 11.4. The highest BCUT2D eigenvalue weighted by Gasteiger charge is 2.52. The van der Waals surface area contributed by atoms with E-state index in [9.17, 15) is 9.59 Å². The van der Waals surface area contributed by atoms with E-state index in [4.69, 9.17) is 75.8 Å². The van der Waals surface area contributed by atoms with Crippen molar-refractivity contribution in [2.24, 2.45) is 0 Å². The van der Waals surface area contributed by atoms with Crippen molar-refractivity contribution in [3.63, 3.8) is 0 Å². The lowest BCUT2D eigenvalue weighted by Gasteiger charge is -2.45. The predicted molar refractivity (Wildman–Crippen MR) is 379 cm³/mol. The second-order valence-corrected chi connectivity index (χ2v) is 24.3. The second kappa shape index (κ2) is 49.3. The third-order valence-corrected chi connectivity index (χ3v) is 16.9. The molecule has 6 atom stereocenters. The van der Waals surface area contributed by atoms with Gasteiger partial charge in [0.25, 0.3) is 0 Å². The van der Waals surface area contributed by atoms with Crippen molar-refractivity contribution >= 4 is 17.9 Å². The Morgan fingerprint density at radius 2 is 0.776 bits per heavy atom. The molecule has 5 rings (SSSR count). The molecule has 544 valence electrons. The first-order valence-electron chi connectivity index (χ1n) is 35.4. The highest BCUT2D eigenvalue weighted by molar-refractivity contribution is 5.76. The molecule has 19 nitrogen and oxygen atoms in total. The van der Waals surface area contributed by atoms with Crippen molar-refractivity contribution in [3.8, 4) is 46.0 Å². The van der Waals surface area contributed by atoms with E-state index in [0.717, 1.165) is 70.6 Å². The zero-order chi connectivity index (χ0) is 70.4. The molecule has 0 aromatic heterocycles. The summed E-state index contributed by atoms with van der Waals surface area (Å²) in [5.74, 6) is 2.09. The Kier molecular flexibility index (Phi) is 40.9. The Balaban J connectivity index is 1.45. The van der Waals surface area contributed by atoms with Crippen LogP contribution in [-0.2, 0) is 78.7 Å². The lowest BCUT2D eigenvalue weighted by Crippen LogP contribution is -2.63. The molecule has 0 saturated carbocycles. The van der Waals surface area contributed by atoms with Gasteiger partial charge < -0.3 is 75.8 Å². The van der Waals surface area contributed by atoms with Crippen LogP contribution in [0.25, 0.3) is 0 Å². The molecule has 98 heavy (non-hydrogen) atoms. The van der Waals surface area contributed by atoms with Gasteiger partial charge in [-0.3, -0.25) is 9.59 Å². The zero-order valence-electron chi connectivity index (χ0n) is 60.3. The minimum atomic E-state index is -1.56. The van der Waals surface area contributed by atoms with Crippen LogP contribution in [0.5, 0.6) is 46.0 Å². The predicted octanol–water partition coefficient (Wildman–Crippen LogP) is 16.8. The van der Waals surface area contributed by atoms with Gasteiger partial charge in [-0.2, -0.15) is 0 Å². The summed E-state index contributed by atoms with van der Waals surface area (Å²) in [4.78, 5) is 42.6. The second-order valence-electron chi connectivity index (χ2n) is 24.3. The van der Waals surface area contributed by atoms with Crippen LogP contribution in [0.4, 0.5) is 0 Å². The van der Waals surface area contributed by atoms with Crippen LogP contribution in [0.1, 0.15) is 190 Å². The fourth-order valence-corrected chi connectivity index (χ4v) is 11.4. The van der Waals surface area contributed by atoms with Gasteiger partial charge in [0.15, 0.2) is 64.5 Å². The minimum absolute atomic E-state index is 0.0665. The molecule has 1 heterocycles. The molecule has 1 aliphatic heterocycles. The van der Waals surface area contributed by atoms with Crippen LogP contribution < -0.4 is 37.9 Å². The normalized spacial score (nSPS) is 16.4. The van der Waals surface area contributed by atoms with E-state index in [1.165, 1.54) is 79.1 Å². The van der Waals surface area contributed by atoms with Gasteiger partial charge >= 0.3 is 17.9 Å². The van der Waals surface area contributed by atoms with Crippen LogP contribution in [0.3, 0.4) is 0 Å². The molecule has 0 N–H and O–H groups in total. The number of rotatable bonds is 53. The molecule has 4 aromatic carbocycles. The van der Waals surface area contributed by atoms with Gasteiger partial charge in [0.1, 0.15) is 31.5 Å². The van der Waals surface area contributed by atoms with Crippen LogP contribution in [0.15, 0.2) is 109 Å². The van der Waals surface area contributed by atoms with Crippen LogP contribution in [-0.4, -0.2) is 125 Å². The Bertz CT molecular complexity index is 2960. The van der Waals surface area contributed by atoms with Gasteiger partial charge in [0.2, 0.25) is 0 Å². The third kappa shape index (κ3) is 30.0. The number of unbranched alkanes of at least 4 members (excludes halogenated alkanes) is 17. The molecular weight excluding hydrogens is 1250 g/mol.